The number of aliphatic hydroxyl groups is 2. The van der Waals surface area contributed by atoms with Crippen LogP contribution in [0.25, 0.3) is 0 Å². The summed E-state index contributed by atoms with van der Waals surface area (Å²) in [4.78, 5) is 120. The number of nitrogens with one attached hydrogen (secondary N) is 5. The normalized spacial score (nSPS) is 27.8. The predicted molar refractivity (Wildman–Crippen MR) is 278 cm³/mol. The molecule has 0 radical (unpaired) electrons. The van der Waals surface area contributed by atoms with Gasteiger partial charge in [-0.05, 0) is 92.9 Å². The molecule has 1 aliphatic carbocycles. The largest absolute Gasteiger partial charge is 0.508 e. The van der Waals surface area contributed by atoms with Crippen molar-refractivity contribution in [1.29, 1.82) is 0 Å². The summed E-state index contributed by atoms with van der Waals surface area (Å²) >= 11 is 0. The number of amides is 7. The van der Waals surface area contributed by atoms with Gasteiger partial charge in [-0.3, -0.25) is 33.6 Å². The molecule has 2 aliphatic heterocycles. The van der Waals surface area contributed by atoms with Crippen molar-refractivity contribution in [1.82, 2.24) is 36.4 Å². The molecule has 5 rings (SSSR count). The summed E-state index contributed by atoms with van der Waals surface area (Å²) in [6, 6.07) is 5.52. The lowest BCUT2D eigenvalue weighted by Gasteiger charge is -2.46. The van der Waals surface area contributed by atoms with Crippen molar-refractivity contribution in [3.05, 3.63) is 77.9 Å². The first kappa shape index (κ1) is 60.4. The molecule has 2 aromatic carbocycles. The third kappa shape index (κ3) is 15.8. The van der Waals surface area contributed by atoms with Gasteiger partial charge >= 0.3 is 5.97 Å². The molecule has 0 saturated carbocycles. The number of phenolic OH excluding ortho intramolecular Hbond substituents is 1. The summed E-state index contributed by atoms with van der Waals surface area (Å²) in [5, 5.41) is 43.8. The Balaban J connectivity index is 1.64. The van der Waals surface area contributed by atoms with Crippen LogP contribution < -0.4 is 26.6 Å². The highest BCUT2D eigenvalue weighted by atomic mass is 16.5. The lowest BCUT2D eigenvalue weighted by Crippen LogP contribution is -2.66. The van der Waals surface area contributed by atoms with Gasteiger partial charge in [0.25, 0.3) is 5.91 Å². The van der Waals surface area contributed by atoms with Gasteiger partial charge in [0, 0.05) is 27.7 Å². The quantitative estimate of drug-likeness (QED) is 0.0777. The number of aryl methyl sites for hydroxylation is 1. The van der Waals surface area contributed by atoms with E-state index in [2.05, 4.69) is 26.6 Å². The number of hydrogen-bond acceptors (Lipinski definition) is 14. The fourth-order valence-electron chi connectivity index (χ4n) is 9.83. The highest BCUT2D eigenvalue weighted by Crippen LogP contribution is 2.30. The highest BCUT2D eigenvalue weighted by Gasteiger charge is 2.48. The van der Waals surface area contributed by atoms with Crippen molar-refractivity contribution in [2.24, 2.45) is 17.8 Å². The molecule has 2 bridgehead atoms. The van der Waals surface area contributed by atoms with Crippen molar-refractivity contribution in [2.75, 3.05) is 27.9 Å². The first-order valence-electron chi connectivity index (χ1n) is 26.4. The van der Waals surface area contributed by atoms with Crippen molar-refractivity contribution in [2.45, 2.75) is 166 Å². The number of fused-ring (bicyclic) bond motifs is 2. The Bertz CT molecular complexity index is 2330. The Morgan fingerprint density at radius 1 is 0.816 bits per heavy atom. The van der Waals surface area contributed by atoms with Crippen LogP contribution in [0.1, 0.15) is 97.1 Å². The second-order valence-corrected chi connectivity index (χ2v) is 20.3. The number of cyclic esters (lactones) is 1. The van der Waals surface area contributed by atoms with Gasteiger partial charge in [0.2, 0.25) is 35.4 Å². The van der Waals surface area contributed by atoms with E-state index in [9.17, 15) is 44.1 Å². The van der Waals surface area contributed by atoms with E-state index in [0.29, 0.717) is 36.8 Å². The molecule has 21 nitrogen and oxygen atoms in total. The fourth-order valence-corrected chi connectivity index (χ4v) is 9.83. The van der Waals surface area contributed by atoms with E-state index < -0.39 is 133 Å². The second-order valence-electron chi connectivity index (χ2n) is 20.3. The number of rotatable bonds is 18. The lowest BCUT2D eigenvalue weighted by molar-refractivity contribution is -0.171. The average Bonchev–Trinajstić information content (AvgIpc) is 3.41. The van der Waals surface area contributed by atoms with Crippen LogP contribution in [0.4, 0.5) is 0 Å². The van der Waals surface area contributed by atoms with Gasteiger partial charge in [0.1, 0.15) is 60.4 Å². The molecule has 76 heavy (non-hydrogen) atoms. The summed E-state index contributed by atoms with van der Waals surface area (Å²) in [6.45, 7) is 7.80. The number of benzene rings is 2. The molecule has 3 aliphatic rings. The van der Waals surface area contributed by atoms with Crippen LogP contribution >= 0.6 is 0 Å². The van der Waals surface area contributed by atoms with Crippen LogP contribution in [0.2, 0.25) is 0 Å². The molecule has 3 unspecified atom stereocenters. The average molecular weight is 1060 g/mol. The SMILES string of the molecule is CC[C@H](C)C1C(=O)N(C)[C@@H](Cc2ccccc2)C(=O)N[C@@H]([C@@H](C)CC)C(=O)O[C@H](C)[C@H](NC(=O)[C@H](CCc2ccc(O)cc2)NC(=O)[C@@H](CO)OC)C(=O)N[C@@H](CC2C=C[C@H](O)CC2)C(=O)NC2CC[C@@H](OC)N1C2=O. The van der Waals surface area contributed by atoms with E-state index in [-0.39, 0.29) is 50.2 Å². The number of ether oxygens (including phenoxy) is 3. The van der Waals surface area contributed by atoms with E-state index in [1.807, 2.05) is 13.8 Å². The Hall–Kier alpha value is -6.42. The number of nitrogens with zero attached hydrogens (tertiary/aromatic N) is 2. The van der Waals surface area contributed by atoms with Gasteiger partial charge in [0.15, 0.2) is 6.10 Å². The molecule has 8 N–H and O–H groups in total. The van der Waals surface area contributed by atoms with Crippen LogP contribution in [-0.2, 0) is 65.4 Å². The molecule has 21 heteroatoms. The maximum Gasteiger partial charge on any atom is 0.329 e. The Morgan fingerprint density at radius 3 is 2.11 bits per heavy atom. The Kier molecular flexibility index (Phi) is 22.8. The van der Waals surface area contributed by atoms with Gasteiger partial charge in [-0.15, -0.1) is 0 Å². The van der Waals surface area contributed by atoms with Crippen molar-refractivity contribution >= 4 is 47.3 Å². The number of phenols is 1. The zero-order valence-corrected chi connectivity index (χ0v) is 44.9. The highest BCUT2D eigenvalue weighted by molar-refractivity contribution is 5.98. The first-order chi connectivity index (χ1) is 36.2. The summed E-state index contributed by atoms with van der Waals surface area (Å²) in [6.07, 6.45) is 0.703. The number of aromatic hydroxyl groups is 1. The topological polar surface area (TPSA) is 292 Å². The predicted octanol–water partition coefficient (Wildman–Crippen LogP) is 1.54. The number of esters is 1. The maximum absolute atomic E-state index is 15.2. The number of carbonyl (C=O) groups is 8. The van der Waals surface area contributed by atoms with Crippen LogP contribution in [0.15, 0.2) is 66.7 Å². The minimum Gasteiger partial charge on any atom is -0.508 e. The van der Waals surface area contributed by atoms with Gasteiger partial charge in [-0.25, -0.2) is 4.79 Å². The van der Waals surface area contributed by atoms with E-state index in [1.165, 1.54) is 50.1 Å². The number of methoxy groups -OCH3 is 2. The molecule has 7 amide bonds. The second kappa shape index (κ2) is 28.6. The number of piperidine rings is 1. The van der Waals surface area contributed by atoms with Gasteiger partial charge in [0.05, 0.1) is 12.7 Å². The van der Waals surface area contributed by atoms with Crippen LogP contribution in [-0.4, -0.2) is 167 Å². The minimum absolute atomic E-state index is 0.000158. The molecule has 0 spiro atoms. The molecule has 14 atom stereocenters. The number of allylic oxidation sites excluding steroid dienone is 1. The zero-order valence-electron chi connectivity index (χ0n) is 44.9. The number of likely N-dealkylation sites (N-methyl/N-ethyl adjacent to an activating group) is 1. The zero-order chi connectivity index (χ0) is 55.8. The molecule has 0 aromatic heterocycles. The van der Waals surface area contributed by atoms with E-state index >= 15 is 9.59 Å². The van der Waals surface area contributed by atoms with E-state index in [0.717, 1.165) is 0 Å². The van der Waals surface area contributed by atoms with Gasteiger partial charge < -0.3 is 65.9 Å². The van der Waals surface area contributed by atoms with Crippen molar-refractivity contribution < 1.29 is 67.9 Å². The number of carbonyl (C=O) groups excluding carboxylic acids is 8. The number of aliphatic hydroxyl groups excluding tert-OH is 2. The van der Waals surface area contributed by atoms with Gasteiger partial charge in [-0.2, -0.15) is 0 Å². The number of hydrogen-bond donors (Lipinski definition) is 8. The summed E-state index contributed by atoms with van der Waals surface area (Å²) in [7, 11) is 4.08. The summed E-state index contributed by atoms with van der Waals surface area (Å²) in [5.41, 5.74) is 1.36. The molecule has 2 saturated heterocycles. The van der Waals surface area contributed by atoms with Crippen molar-refractivity contribution in [3.63, 3.8) is 0 Å². The molecule has 418 valence electrons. The third-order valence-corrected chi connectivity index (χ3v) is 15.0. The third-order valence-electron chi connectivity index (χ3n) is 15.0. The van der Waals surface area contributed by atoms with Crippen LogP contribution in [0.3, 0.4) is 0 Å². The maximum atomic E-state index is 15.2. The van der Waals surface area contributed by atoms with E-state index in [1.54, 1.807) is 68.5 Å². The monoisotopic (exact) mass is 1060 g/mol. The lowest BCUT2D eigenvalue weighted by atomic mass is 9.88. The molecule has 2 aromatic rings. The molecule has 2 heterocycles. The first-order valence-corrected chi connectivity index (χ1v) is 26.4. The Labute approximate surface area is 445 Å². The smallest absolute Gasteiger partial charge is 0.329 e. The van der Waals surface area contributed by atoms with Crippen LogP contribution in [0, 0.1) is 17.8 Å². The standard InChI is InChI=1S/C55H79N7O14/c1-9-31(3)45-55(73)76-33(5)46(60-48(66)39(56-51(69)43(30-63)74-7)25-20-34-16-21-37(64)22-17-34)52(70)58-41(28-36-18-23-38(65)24-19-36)49(67)57-40-26-27-44(75-8)62(53(40)71)47(32(4)10-2)54(72)61(6)42(50(68)59-45)29-35-14-12-11-13-15-35/h11-18,21-23,31-33,36,38-47,63-65H,9-10,19-20,24-30H2,1-8H3,(H,56,69)(H,57,67)(H,58,70)(H,59,68)(H,60,66)/t31-,32-,33+,36?,38-,39-,40?,41-,42-,43+,44+,45-,46-,47?/m0/s1. The van der Waals surface area contributed by atoms with Gasteiger partial charge in [-0.1, -0.05) is 95.2 Å². The van der Waals surface area contributed by atoms with Crippen LogP contribution in [0.5, 0.6) is 5.75 Å². The van der Waals surface area contributed by atoms with Crippen molar-refractivity contribution in [3.8, 4) is 5.75 Å². The molecular formula is C55H79N7O14. The summed E-state index contributed by atoms with van der Waals surface area (Å²) in [5.74, 6) is -7.88. The van der Waals surface area contributed by atoms with E-state index in [4.69, 9.17) is 14.2 Å². The fraction of sp³-hybridized carbons (Fsp3) is 0.600. The molecular weight excluding hydrogens is 983 g/mol. The molecule has 2 fully saturated rings. The minimum atomic E-state index is -1.78. The summed E-state index contributed by atoms with van der Waals surface area (Å²) < 4.78 is 17.0. The Morgan fingerprint density at radius 2 is 1.50 bits per heavy atom.